The highest BCUT2D eigenvalue weighted by molar-refractivity contribution is 5.66. The normalized spacial score (nSPS) is 29.5. The molecule has 0 saturated carbocycles. The number of rotatable bonds is 2. The van der Waals surface area contributed by atoms with E-state index in [4.69, 9.17) is 5.73 Å². The van der Waals surface area contributed by atoms with Gasteiger partial charge in [0.05, 0.1) is 0 Å². The number of anilines is 1. The molecular weight excluding hydrogens is 240 g/mol. The maximum Gasteiger partial charge on any atom is 0.407 e. The molecule has 19 heavy (non-hydrogen) atoms. The molecular formula is C15H20N2O2. The van der Waals surface area contributed by atoms with Crippen LogP contribution in [-0.2, 0) is 6.42 Å². The van der Waals surface area contributed by atoms with Gasteiger partial charge in [0.2, 0.25) is 0 Å². The molecule has 2 fully saturated rings. The van der Waals surface area contributed by atoms with Crippen LogP contribution in [0.4, 0.5) is 10.5 Å². The maximum absolute atomic E-state index is 11.4. The summed E-state index contributed by atoms with van der Waals surface area (Å²) in [4.78, 5) is 13.1. The summed E-state index contributed by atoms with van der Waals surface area (Å²) in [6, 6.07) is 8.44. The molecule has 3 rings (SSSR count). The van der Waals surface area contributed by atoms with Crippen LogP contribution in [0.2, 0.25) is 0 Å². The van der Waals surface area contributed by atoms with Crippen LogP contribution in [0, 0.1) is 5.92 Å². The van der Waals surface area contributed by atoms with Gasteiger partial charge in [-0.1, -0.05) is 12.1 Å². The van der Waals surface area contributed by atoms with E-state index < -0.39 is 6.09 Å². The Balaban J connectivity index is 1.74. The Hall–Kier alpha value is -1.71. The van der Waals surface area contributed by atoms with E-state index in [1.54, 1.807) is 4.90 Å². The Bertz CT molecular complexity index is 472. The van der Waals surface area contributed by atoms with Crippen LogP contribution < -0.4 is 5.73 Å². The van der Waals surface area contributed by atoms with Gasteiger partial charge in [0.1, 0.15) is 0 Å². The van der Waals surface area contributed by atoms with Gasteiger partial charge >= 0.3 is 6.09 Å². The Morgan fingerprint density at radius 3 is 2.58 bits per heavy atom. The van der Waals surface area contributed by atoms with Crippen LogP contribution in [0.3, 0.4) is 0 Å². The SMILES string of the molecule is Nc1ccc(CC2CCC3CCC2N3C(=O)O)cc1. The molecule has 3 N–H and O–H groups in total. The second-order valence-corrected chi connectivity index (χ2v) is 5.77. The first-order chi connectivity index (χ1) is 9.15. The molecule has 2 bridgehead atoms. The van der Waals surface area contributed by atoms with Gasteiger partial charge in [-0.15, -0.1) is 0 Å². The van der Waals surface area contributed by atoms with Gasteiger partial charge < -0.3 is 15.7 Å². The van der Waals surface area contributed by atoms with Crippen molar-refractivity contribution in [1.29, 1.82) is 0 Å². The molecule has 2 heterocycles. The Labute approximate surface area is 113 Å². The van der Waals surface area contributed by atoms with Crippen molar-refractivity contribution in [2.45, 2.75) is 44.2 Å². The van der Waals surface area contributed by atoms with Crippen molar-refractivity contribution in [1.82, 2.24) is 4.90 Å². The molecule has 1 aromatic rings. The molecule has 4 heteroatoms. The lowest BCUT2D eigenvalue weighted by molar-refractivity contribution is 0.0771. The minimum absolute atomic E-state index is 0.216. The fraction of sp³-hybridized carbons (Fsp3) is 0.533. The Kier molecular flexibility index (Phi) is 3.09. The van der Waals surface area contributed by atoms with Gasteiger partial charge in [0.15, 0.2) is 0 Å². The van der Waals surface area contributed by atoms with E-state index in [-0.39, 0.29) is 12.1 Å². The molecule has 2 saturated heterocycles. The van der Waals surface area contributed by atoms with E-state index in [1.807, 2.05) is 12.1 Å². The zero-order valence-electron chi connectivity index (χ0n) is 11.0. The van der Waals surface area contributed by atoms with Crippen molar-refractivity contribution in [2.75, 3.05) is 5.73 Å². The average molecular weight is 260 g/mol. The first-order valence-corrected chi connectivity index (χ1v) is 7.01. The van der Waals surface area contributed by atoms with Gasteiger partial charge in [-0.3, -0.25) is 0 Å². The summed E-state index contributed by atoms with van der Waals surface area (Å²) in [6.07, 6.45) is 4.44. The van der Waals surface area contributed by atoms with Crippen molar-refractivity contribution in [2.24, 2.45) is 5.92 Å². The second-order valence-electron chi connectivity index (χ2n) is 5.77. The highest BCUT2D eigenvalue weighted by Crippen LogP contribution is 2.40. The Morgan fingerprint density at radius 2 is 1.89 bits per heavy atom. The molecule has 4 nitrogen and oxygen atoms in total. The number of nitrogens with two attached hydrogens (primary N) is 1. The molecule has 3 atom stereocenters. The standard InChI is InChI=1S/C15H20N2O2/c16-12-4-1-10(2-5-12)9-11-3-6-13-7-8-14(11)17(13)15(18)19/h1-2,4-5,11,13-14H,3,6-9,16H2,(H,18,19). The van der Waals surface area contributed by atoms with Crippen molar-refractivity contribution in [3.8, 4) is 0 Å². The molecule has 0 aromatic heterocycles. The summed E-state index contributed by atoms with van der Waals surface area (Å²) < 4.78 is 0. The number of amides is 1. The molecule has 0 aliphatic carbocycles. The van der Waals surface area contributed by atoms with Gasteiger partial charge in [0, 0.05) is 17.8 Å². The predicted molar refractivity (Wildman–Crippen MR) is 74.0 cm³/mol. The molecule has 2 aliphatic rings. The van der Waals surface area contributed by atoms with Crippen molar-refractivity contribution < 1.29 is 9.90 Å². The highest BCUT2D eigenvalue weighted by atomic mass is 16.4. The van der Waals surface area contributed by atoms with E-state index in [0.29, 0.717) is 5.92 Å². The monoisotopic (exact) mass is 260 g/mol. The minimum atomic E-state index is -0.741. The van der Waals surface area contributed by atoms with E-state index >= 15 is 0 Å². The number of carboxylic acid groups (broad SMARTS) is 1. The van der Waals surface area contributed by atoms with Crippen molar-refractivity contribution in [3.05, 3.63) is 29.8 Å². The van der Waals surface area contributed by atoms with Crippen LogP contribution in [0.25, 0.3) is 0 Å². The number of benzene rings is 1. The minimum Gasteiger partial charge on any atom is -0.465 e. The fourth-order valence-corrected chi connectivity index (χ4v) is 3.75. The van der Waals surface area contributed by atoms with Gasteiger partial charge in [-0.05, 0) is 55.7 Å². The van der Waals surface area contributed by atoms with Crippen molar-refractivity contribution in [3.63, 3.8) is 0 Å². The quantitative estimate of drug-likeness (QED) is 0.803. The zero-order chi connectivity index (χ0) is 13.4. The number of hydrogen-bond donors (Lipinski definition) is 2. The number of hydrogen-bond acceptors (Lipinski definition) is 2. The lowest BCUT2D eigenvalue weighted by Gasteiger charge is -2.38. The summed E-state index contributed by atoms with van der Waals surface area (Å²) in [5.74, 6) is 0.457. The molecule has 3 unspecified atom stereocenters. The predicted octanol–water partition coefficient (Wildman–Crippen LogP) is 2.73. The molecule has 1 aromatic carbocycles. The first kappa shape index (κ1) is 12.3. The van der Waals surface area contributed by atoms with E-state index in [1.165, 1.54) is 5.56 Å². The topological polar surface area (TPSA) is 66.6 Å². The summed E-state index contributed by atoms with van der Waals surface area (Å²) in [7, 11) is 0. The molecule has 2 aliphatic heterocycles. The molecule has 102 valence electrons. The largest absolute Gasteiger partial charge is 0.465 e. The van der Waals surface area contributed by atoms with Gasteiger partial charge in [0.25, 0.3) is 0 Å². The van der Waals surface area contributed by atoms with Crippen LogP contribution in [0.5, 0.6) is 0 Å². The third-order valence-corrected chi connectivity index (χ3v) is 4.66. The van der Waals surface area contributed by atoms with Crippen LogP contribution in [-0.4, -0.2) is 28.2 Å². The number of piperidine rings is 1. The van der Waals surface area contributed by atoms with Crippen LogP contribution >= 0.6 is 0 Å². The maximum atomic E-state index is 11.4. The Morgan fingerprint density at radius 1 is 1.21 bits per heavy atom. The van der Waals surface area contributed by atoms with Gasteiger partial charge in [-0.25, -0.2) is 4.79 Å². The highest BCUT2D eigenvalue weighted by Gasteiger charge is 2.44. The fourth-order valence-electron chi connectivity index (χ4n) is 3.75. The number of carbonyl (C=O) groups is 1. The van der Waals surface area contributed by atoms with Crippen molar-refractivity contribution >= 4 is 11.8 Å². The summed E-state index contributed by atoms with van der Waals surface area (Å²) in [5, 5.41) is 9.35. The third-order valence-electron chi connectivity index (χ3n) is 4.66. The summed E-state index contributed by atoms with van der Waals surface area (Å²) >= 11 is 0. The smallest absolute Gasteiger partial charge is 0.407 e. The molecule has 0 radical (unpaired) electrons. The molecule has 0 spiro atoms. The average Bonchev–Trinajstić information content (AvgIpc) is 2.72. The number of fused-ring (bicyclic) bond motifs is 2. The second kappa shape index (κ2) is 4.76. The van der Waals surface area contributed by atoms with E-state index in [0.717, 1.165) is 37.8 Å². The molecule has 1 amide bonds. The van der Waals surface area contributed by atoms with Crippen LogP contribution in [0.15, 0.2) is 24.3 Å². The zero-order valence-corrected chi connectivity index (χ0v) is 11.0. The lowest BCUT2D eigenvalue weighted by atomic mass is 9.85. The summed E-state index contributed by atoms with van der Waals surface area (Å²) in [5.41, 5.74) is 7.73. The first-order valence-electron chi connectivity index (χ1n) is 7.01. The number of nitrogen functional groups attached to an aromatic ring is 1. The van der Waals surface area contributed by atoms with Gasteiger partial charge in [-0.2, -0.15) is 0 Å². The lowest BCUT2D eigenvalue weighted by Crippen LogP contribution is -2.48. The number of nitrogens with zero attached hydrogens (tertiary/aromatic N) is 1. The van der Waals surface area contributed by atoms with E-state index in [2.05, 4.69) is 12.1 Å². The third kappa shape index (κ3) is 2.27. The van der Waals surface area contributed by atoms with E-state index in [9.17, 15) is 9.90 Å². The summed E-state index contributed by atoms with van der Waals surface area (Å²) in [6.45, 7) is 0. The van der Waals surface area contributed by atoms with Crippen LogP contribution in [0.1, 0.15) is 31.2 Å².